The number of hydrogen-bond donors (Lipinski definition) is 3. The molecule has 3 fully saturated rings. The van der Waals surface area contributed by atoms with Gasteiger partial charge in [0.05, 0.1) is 25.5 Å². The van der Waals surface area contributed by atoms with Gasteiger partial charge in [-0.2, -0.15) is 0 Å². The lowest BCUT2D eigenvalue weighted by molar-refractivity contribution is -0.141. The molecule has 14 nitrogen and oxygen atoms in total. The molecule has 15 heteroatoms. The summed E-state index contributed by atoms with van der Waals surface area (Å²) in [7, 11) is -2.28. The standard InChI is InChI=1S/C39H49N5O9S/c1-24-10-8-9-11-26-18-30-25(19-33(26)51-2)16-17-40-35(30)53-28-20-32-34(45)42-39(37(47)43-54(49,50)29-14-15-29)21-27(39)12-6-4-3-5-7-13-31(36(46)44(32)22-28)41-38(48)52-23-24/h6,9,11-12,16-19,24,27-29,31-32H,3-5,7-8,10,13-15,20-23H2,1-2H3,(H,41,48)(H,42,45)(H,43,47)/t24-,27+,28+,31-,32-,39+/m0/s1. The molecule has 1 aromatic carbocycles. The Balaban J connectivity index is 1.24. The van der Waals surface area contributed by atoms with Gasteiger partial charge in [-0.15, -0.1) is 0 Å². The predicted octanol–water partition coefficient (Wildman–Crippen LogP) is 4.13. The summed E-state index contributed by atoms with van der Waals surface area (Å²) in [6, 6.07) is 3.63. The molecule has 6 atom stereocenters. The number of carbonyl (C=O) groups is 4. The van der Waals surface area contributed by atoms with Gasteiger partial charge in [-0.3, -0.25) is 19.1 Å². The Bertz CT molecular complexity index is 1960. The quantitative estimate of drug-likeness (QED) is 0.383. The number of methoxy groups -OCH3 is 1. The minimum atomic E-state index is -3.89. The second-order valence-corrected chi connectivity index (χ2v) is 17.3. The van der Waals surface area contributed by atoms with Crippen LogP contribution >= 0.6 is 0 Å². The van der Waals surface area contributed by atoms with Gasteiger partial charge in [-0.05, 0) is 80.9 Å². The maximum Gasteiger partial charge on any atom is 0.407 e. The number of allylic oxidation sites excluding steroid dienone is 2. The van der Waals surface area contributed by atoms with Gasteiger partial charge >= 0.3 is 6.09 Å². The molecular formula is C39H49N5O9S. The number of cyclic esters (lactones) is 1. The first kappa shape index (κ1) is 37.6. The van der Waals surface area contributed by atoms with E-state index in [0.29, 0.717) is 43.7 Å². The highest BCUT2D eigenvalue weighted by Gasteiger charge is 2.62. The van der Waals surface area contributed by atoms with E-state index in [9.17, 15) is 27.6 Å². The number of rotatable bonds is 4. The molecule has 5 aliphatic rings. The summed E-state index contributed by atoms with van der Waals surface area (Å²) >= 11 is 0. The minimum Gasteiger partial charge on any atom is -0.496 e. The van der Waals surface area contributed by atoms with Gasteiger partial charge in [-0.25, -0.2) is 18.2 Å². The highest BCUT2D eigenvalue weighted by Crippen LogP contribution is 2.46. The number of carbonyl (C=O) groups excluding carboxylic acids is 4. The number of aromatic nitrogens is 1. The van der Waals surface area contributed by atoms with E-state index < -0.39 is 68.7 Å². The SMILES string of the molecule is COc1cc2ccnc3c2cc1C=CCC[C@H](C)COC(=O)N[C@H]1CCCCCC=C[C@@H]2C[C@@]2(C(=O)NS(=O)(=O)C2CC2)NC(=O)[C@@H]2C[C@H](CN2C1=O)O3. The number of pyridine rings is 1. The maximum atomic E-state index is 14.5. The fourth-order valence-corrected chi connectivity index (χ4v) is 9.04. The zero-order chi connectivity index (χ0) is 38.0. The Kier molecular flexibility index (Phi) is 10.9. The number of fused-ring (bicyclic) bond motifs is 4. The number of hydrogen-bond acceptors (Lipinski definition) is 10. The third kappa shape index (κ3) is 8.20. The molecule has 7 rings (SSSR count). The number of nitrogens with zero attached hydrogens (tertiary/aromatic N) is 2. The van der Waals surface area contributed by atoms with Crippen LogP contribution < -0.4 is 24.8 Å². The lowest BCUT2D eigenvalue weighted by atomic mass is 10.0. The third-order valence-corrected chi connectivity index (χ3v) is 12.9. The predicted molar refractivity (Wildman–Crippen MR) is 200 cm³/mol. The Hall–Kier alpha value is -4.66. The van der Waals surface area contributed by atoms with Crippen LogP contribution in [0.5, 0.6) is 11.6 Å². The summed E-state index contributed by atoms with van der Waals surface area (Å²) in [5, 5.41) is 6.61. The maximum absolute atomic E-state index is 14.5. The minimum absolute atomic E-state index is 0.000745. The number of amides is 4. The molecule has 1 saturated heterocycles. The van der Waals surface area contributed by atoms with Gasteiger partial charge in [-0.1, -0.05) is 44.1 Å². The molecule has 0 spiro atoms. The van der Waals surface area contributed by atoms with Crippen LogP contribution in [0.1, 0.15) is 83.1 Å². The summed E-state index contributed by atoms with van der Waals surface area (Å²) in [4.78, 5) is 61.7. The topological polar surface area (TPSA) is 182 Å². The summed E-state index contributed by atoms with van der Waals surface area (Å²) in [6.07, 6.45) is 14.0. The van der Waals surface area contributed by atoms with Gasteiger partial charge in [0.2, 0.25) is 27.7 Å². The van der Waals surface area contributed by atoms with E-state index in [1.54, 1.807) is 13.3 Å². The Morgan fingerprint density at radius 2 is 1.91 bits per heavy atom. The average molecular weight is 764 g/mol. The summed E-state index contributed by atoms with van der Waals surface area (Å²) < 4.78 is 45.7. The molecule has 2 saturated carbocycles. The van der Waals surface area contributed by atoms with E-state index in [0.717, 1.165) is 42.0 Å². The van der Waals surface area contributed by atoms with Crippen molar-refractivity contribution in [2.24, 2.45) is 11.8 Å². The van der Waals surface area contributed by atoms with Crippen molar-refractivity contribution < 1.29 is 41.8 Å². The zero-order valence-electron chi connectivity index (χ0n) is 30.8. The van der Waals surface area contributed by atoms with E-state index in [4.69, 9.17) is 14.2 Å². The largest absolute Gasteiger partial charge is 0.496 e. The molecule has 3 aliphatic heterocycles. The van der Waals surface area contributed by atoms with Crippen molar-refractivity contribution >= 4 is 50.7 Å². The second-order valence-electron chi connectivity index (χ2n) is 15.3. The highest BCUT2D eigenvalue weighted by molar-refractivity contribution is 7.91. The van der Waals surface area contributed by atoms with Gasteiger partial charge in [0.25, 0.3) is 5.91 Å². The van der Waals surface area contributed by atoms with Crippen LogP contribution in [-0.4, -0.2) is 91.4 Å². The van der Waals surface area contributed by atoms with E-state index >= 15 is 0 Å². The number of alkyl carbamates (subject to hydrolysis) is 1. The molecule has 5 bridgehead atoms. The molecule has 290 valence electrons. The van der Waals surface area contributed by atoms with Gasteiger partial charge < -0.3 is 29.7 Å². The lowest BCUT2D eigenvalue weighted by Gasteiger charge is -2.29. The van der Waals surface area contributed by atoms with Crippen LogP contribution in [0.15, 0.2) is 42.6 Å². The number of nitrogens with one attached hydrogen (secondary N) is 3. The lowest BCUT2D eigenvalue weighted by Crippen LogP contribution is -2.58. The van der Waals surface area contributed by atoms with Crippen LogP contribution in [0.25, 0.3) is 16.8 Å². The van der Waals surface area contributed by atoms with Gasteiger partial charge in [0, 0.05) is 29.5 Å². The zero-order valence-corrected chi connectivity index (χ0v) is 31.6. The Morgan fingerprint density at radius 3 is 2.70 bits per heavy atom. The normalized spacial score (nSPS) is 29.6. The van der Waals surface area contributed by atoms with Crippen LogP contribution in [0, 0.1) is 11.8 Å². The molecule has 2 aromatic rings. The van der Waals surface area contributed by atoms with Crippen molar-refractivity contribution in [3.63, 3.8) is 0 Å². The fraction of sp³-hybridized carbons (Fsp3) is 0.564. The first-order valence-corrected chi connectivity index (χ1v) is 20.6. The van der Waals surface area contributed by atoms with Gasteiger partial charge in [0.15, 0.2) is 0 Å². The Morgan fingerprint density at radius 1 is 1.07 bits per heavy atom. The average Bonchev–Trinajstić information content (AvgIpc) is 4.07. The van der Waals surface area contributed by atoms with Crippen LogP contribution in [0.2, 0.25) is 0 Å². The van der Waals surface area contributed by atoms with Crippen LogP contribution in [0.3, 0.4) is 0 Å². The van der Waals surface area contributed by atoms with Crippen molar-refractivity contribution in [3.05, 3.63) is 48.2 Å². The summed E-state index contributed by atoms with van der Waals surface area (Å²) in [5.41, 5.74) is -0.673. The highest BCUT2D eigenvalue weighted by atomic mass is 32.2. The van der Waals surface area contributed by atoms with Crippen molar-refractivity contribution in [3.8, 4) is 11.6 Å². The summed E-state index contributed by atoms with van der Waals surface area (Å²) in [5.74, 6) is -1.24. The fourth-order valence-electron chi connectivity index (χ4n) is 7.67. The molecule has 2 aliphatic carbocycles. The van der Waals surface area contributed by atoms with E-state index in [1.165, 1.54) is 4.90 Å². The summed E-state index contributed by atoms with van der Waals surface area (Å²) in [6.45, 7) is 2.15. The molecule has 4 amide bonds. The van der Waals surface area contributed by atoms with E-state index in [1.807, 2.05) is 49.4 Å². The monoisotopic (exact) mass is 763 g/mol. The Labute approximate surface area is 315 Å². The first-order chi connectivity index (χ1) is 26.0. The van der Waals surface area contributed by atoms with Crippen molar-refractivity contribution in [2.75, 3.05) is 20.3 Å². The van der Waals surface area contributed by atoms with E-state index in [-0.39, 0.29) is 31.9 Å². The number of benzene rings is 1. The van der Waals surface area contributed by atoms with Crippen LogP contribution in [0.4, 0.5) is 4.79 Å². The molecule has 4 heterocycles. The first-order valence-electron chi connectivity index (χ1n) is 19.1. The third-order valence-electron chi connectivity index (χ3n) is 11.1. The van der Waals surface area contributed by atoms with Crippen molar-refractivity contribution in [2.45, 2.75) is 107 Å². The molecule has 1 aromatic heterocycles. The molecular weight excluding hydrogens is 715 g/mol. The number of sulfonamides is 1. The molecule has 3 N–H and O–H groups in total. The molecule has 54 heavy (non-hydrogen) atoms. The second kappa shape index (κ2) is 15.6. The van der Waals surface area contributed by atoms with Crippen molar-refractivity contribution in [1.82, 2.24) is 25.2 Å². The van der Waals surface area contributed by atoms with Crippen molar-refractivity contribution in [1.29, 1.82) is 0 Å². The van der Waals surface area contributed by atoms with E-state index in [2.05, 4.69) is 20.3 Å². The molecule has 0 unspecified atom stereocenters. The van der Waals surface area contributed by atoms with Gasteiger partial charge in [0.1, 0.15) is 29.5 Å². The smallest absolute Gasteiger partial charge is 0.407 e. The molecule has 0 radical (unpaired) electrons. The number of ether oxygens (including phenoxy) is 3. The van der Waals surface area contributed by atoms with Crippen LogP contribution in [-0.2, 0) is 29.1 Å².